The summed E-state index contributed by atoms with van der Waals surface area (Å²) in [5.41, 5.74) is 5.97. The first-order chi connectivity index (χ1) is 6.84. The highest BCUT2D eigenvalue weighted by Gasteiger charge is 2.23. The van der Waals surface area contributed by atoms with Crippen molar-refractivity contribution in [2.75, 3.05) is 13.1 Å². The van der Waals surface area contributed by atoms with Gasteiger partial charge in [-0.25, -0.2) is 0 Å². The van der Waals surface area contributed by atoms with Crippen molar-refractivity contribution in [3.63, 3.8) is 0 Å². The third kappa shape index (κ3) is 5.61. The van der Waals surface area contributed by atoms with Gasteiger partial charge in [0.1, 0.15) is 0 Å². The van der Waals surface area contributed by atoms with E-state index in [1.165, 1.54) is 64.5 Å². The van der Waals surface area contributed by atoms with E-state index in [9.17, 15) is 0 Å². The van der Waals surface area contributed by atoms with Gasteiger partial charge in [-0.2, -0.15) is 0 Å². The van der Waals surface area contributed by atoms with Crippen LogP contribution in [0.2, 0.25) is 0 Å². The molecule has 1 fully saturated rings. The molecule has 0 aromatic carbocycles. The Bertz CT molecular complexity index is 132. The van der Waals surface area contributed by atoms with Crippen molar-refractivity contribution in [3.05, 3.63) is 0 Å². The van der Waals surface area contributed by atoms with Crippen LogP contribution in [0, 0.1) is 0 Å². The lowest BCUT2D eigenvalue weighted by Crippen LogP contribution is -2.28. The monoisotopic (exact) mass is 198 g/mol. The summed E-state index contributed by atoms with van der Waals surface area (Å²) in [4.78, 5) is 2.34. The standard InChI is InChI=1S/C12H26N2/c1-2-3-4-5-6-7-8-9-12(13)14-10-11-14/h12H,2-11,13H2,1H3. The lowest BCUT2D eigenvalue weighted by atomic mass is 10.1. The molecule has 2 heteroatoms. The van der Waals surface area contributed by atoms with E-state index in [1.807, 2.05) is 0 Å². The third-order valence-corrected chi connectivity index (χ3v) is 3.05. The molecule has 1 atom stereocenters. The predicted molar refractivity (Wildman–Crippen MR) is 62.2 cm³/mol. The lowest BCUT2D eigenvalue weighted by molar-refractivity contribution is 0.370. The molecule has 2 N–H and O–H groups in total. The van der Waals surface area contributed by atoms with Crippen LogP contribution < -0.4 is 5.73 Å². The maximum Gasteiger partial charge on any atom is 0.0572 e. The molecule has 0 bridgehead atoms. The zero-order valence-electron chi connectivity index (χ0n) is 9.67. The van der Waals surface area contributed by atoms with Crippen molar-refractivity contribution in [1.29, 1.82) is 0 Å². The van der Waals surface area contributed by atoms with Gasteiger partial charge in [-0.3, -0.25) is 4.90 Å². The Labute approximate surface area is 88.8 Å². The number of nitrogens with zero attached hydrogens (tertiary/aromatic N) is 1. The lowest BCUT2D eigenvalue weighted by Gasteiger charge is -2.11. The summed E-state index contributed by atoms with van der Waals surface area (Å²) in [5.74, 6) is 0. The van der Waals surface area contributed by atoms with Crippen LogP contribution in [0.25, 0.3) is 0 Å². The molecule has 0 saturated carbocycles. The van der Waals surface area contributed by atoms with Crippen LogP contribution in [0.3, 0.4) is 0 Å². The predicted octanol–water partition coefficient (Wildman–Crippen LogP) is 2.73. The van der Waals surface area contributed by atoms with Crippen molar-refractivity contribution in [2.45, 2.75) is 64.5 Å². The average Bonchev–Trinajstić information content (AvgIpc) is 2.99. The highest BCUT2D eigenvalue weighted by Crippen LogP contribution is 2.14. The quantitative estimate of drug-likeness (QED) is 0.456. The van der Waals surface area contributed by atoms with Crippen LogP contribution in [-0.2, 0) is 0 Å². The number of hydrogen-bond donors (Lipinski definition) is 1. The molecule has 1 saturated heterocycles. The molecule has 1 aliphatic heterocycles. The highest BCUT2D eigenvalue weighted by atomic mass is 15.3. The van der Waals surface area contributed by atoms with Gasteiger partial charge in [-0.1, -0.05) is 51.9 Å². The van der Waals surface area contributed by atoms with E-state index < -0.39 is 0 Å². The van der Waals surface area contributed by atoms with Gasteiger partial charge >= 0.3 is 0 Å². The second-order valence-electron chi connectivity index (χ2n) is 4.51. The summed E-state index contributed by atoms with van der Waals surface area (Å²) in [7, 11) is 0. The fraction of sp³-hybridized carbons (Fsp3) is 1.00. The van der Waals surface area contributed by atoms with Crippen LogP contribution in [-0.4, -0.2) is 24.2 Å². The van der Waals surface area contributed by atoms with Crippen LogP contribution in [0.5, 0.6) is 0 Å². The molecule has 1 unspecified atom stereocenters. The van der Waals surface area contributed by atoms with Gasteiger partial charge in [-0.15, -0.1) is 0 Å². The molecule has 0 aliphatic carbocycles. The minimum atomic E-state index is 0.366. The van der Waals surface area contributed by atoms with E-state index in [0.29, 0.717) is 6.17 Å². The maximum absolute atomic E-state index is 5.97. The van der Waals surface area contributed by atoms with Crippen molar-refractivity contribution in [1.82, 2.24) is 4.90 Å². The van der Waals surface area contributed by atoms with E-state index in [2.05, 4.69) is 11.8 Å². The molecule has 1 rings (SSSR count). The fourth-order valence-electron chi connectivity index (χ4n) is 1.88. The zero-order valence-corrected chi connectivity index (χ0v) is 9.67. The Morgan fingerprint density at radius 2 is 1.57 bits per heavy atom. The van der Waals surface area contributed by atoms with E-state index in [-0.39, 0.29) is 0 Å². The Kier molecular flexibility index (Phi) is 6.20. The molecule has 0 amide bonds. The summed E-state index contributed by atoms with van der Waals surface area (Å²) in [6.07, 6.45) is 11.3. The first-order valence-corrected chi connectivity index (χ1v) is 6.34. The van der Waals surface area contributed by atoms with E-state index in [4.69, 9.17) is 5.73 Å². The minimum absolute atomic E-state index is 0.366. The largest absolute Gasteiger partial charge is 0.316 e. The topological polar surface area (TPSA) is 29.0 Å². The maximum atomic E-state index is 5.97. The fourth-order valence-corrected chi connectivity index (χ4v) is 1.88. The summed E-state index contributed by atoms with van der Waals surface area (Å²) in [5, 5.41) is 0. The minimum Gasteiger partial charge on any atom is -0.316 e. The normalized spacial score (nSPS) is 18.4. The number of unbranched alkanes of at least 4 members (excludes halogenated alkanes) is 6. The molecule has 1 heterocycles. The Balaban J connectivity index is 1.75. The SMILES string of the molecule is CCCCCCCCCC(N)N1CC1. The molecular formula is C12H26N2. The molecule has 0 spiro atoms. The molecule has 0 radical (unpaired) electrons. The zero-order chi connectivity index (χ0) is 10.2. The van der Waals surface area contributed by atoms with E-state index in [1.54, 1.807) is 0 Å². The molecular weight excluding hydrogens is 172 g/mol. The van der Waals surface area contributed by atoms with Crippen molar-refractivity contribution < 1.29 is 0 Å². The Morgan fingerprint density at radius 1 is 1.00 bits per heavy atom. The summed E-state index contributed by atoms with van der Waals surface area (Å²) < 4.78 is 0. The van der Waals surface area contributed by atoms with Gasteiger partial charge in [0.2, 0.25) is 0 Å². The number of nitrogens with two attached hydrogens (primary N) is 1. The smallest absolute Gasteiger partial charge is 0.0572 e. The number of rotatable bonds is 9. The second kappa shape index (κ2) is 7.24. The average molecular weight is 198 g/mol. The first kappa shape index (κ1) is 12.0. The van der Waals surface area contributed by atoms with Gasteiger partial charge in [0, 0.05) is 13.1 Å². The Hall–Kier alpha value is -0.0800. The molecule has 84 valence electrons. The van der Waals surface area contributed by atoms with Gasteiger partial charge in [0.25, 0.3) is 0 Å². The second-order valence-corrected chi connectivity index (χ2v) is 4.51. The molecule has 0 aromatic heterocycles. The van der Waals surface area contributed by atoms with Crippen LogP contribution in [0.1, 0.15) is 58.3 Å². The van der Waals surface area contributed by atoms with Crippen LogP contribution in [0.4, 0.5) is 0 Å². The van der Waals surface area contributed by atoms with Gasteiger partial charge < -0.3 is 5.73 Å². The van der Waals surface area contributed by atoms with E-state index >= 15 is 0 Å². The van der Waals surface area contributed by atoms with E-state index in [0.717, 1.165) is 0 Å². The first-order valence-electron chi connectivity index (χ1n) is 6.34. The van der Waals surface area contributed by atoms with Gasteiger partial charge in [0.05, 0.1) is 6.17 Å². The summed E-state index contributed by atoms with van der Waals surface area (Å²) in [6.45, 7) is 4.73. The molecule has 2 nitrogen and oxygen atoms in total. The van der Waals surface area contributed by atoms with Crippen molar-refractivity contribution in [2.24, 2.45) is 5.73 Å². The molecule has 0 aromatic rings. The van der Waals surface area contributed by atoms with Crippen molar-refractivity contribution in [3.8, 4) is 0 Å². The van der Waals surface area contributed by atoms with Crippen molar-refractivity contribution >= 4 is 0 Å². The third-order valence-electron chi connectivity index (χ3n) is 3.05. The summed E-state index contributed by atoms with van der Waals surface area (Å²) in [6, 6.07) is 0. The molecule has 14 heavy (non-hydrogen) atoms. The molecule has 1 aliphatic rings. The van der Waals surface area contributed by atoms with Crippen LogP contribution in [0.15, 0.2) is 0 Å². The van der Waals surface area contributed by atoms with Gasteiger partial charge in [0.15, 0.2) is 0 Å². The van der Waals surface area contributed by atoms with Crippen LogP contribution >= 0.6 is 0 Å². The Morgan fingerprint density at radius 3 is 2.14 bits per heavy atom. The van der Waals surface area contributed by atoms with Gasteiger partial charge in [-0.05, 0) is 6.42 Å². The summed E-state index contributed by atoms with van der Waals surface area (Å²) >= 11 is 0. The highest BCUT2D eigenvalue weighted by molar-refractivity contribution is 4.77. The number of hydrogen-bond acceptors (Lipinski definition) is 2.